The molecular weight excluding hydrogens is 246 g/mol. The molecule has 2 heterocycles. The van der Waals surface area contributed by atoms with E-state index in [0.29, 0.717) is 23.1 Å². The van der Waals surface area contributed by atoms with Gasteiger partial charge in [-0.2, -0.15) is 5.26 Å². The van der Waals surface area contributed by atoms with Crippen molar-refractivity contribution in [3.05, 3.63) is 41.8 Å². The van der Waals surface area contributed by atoms with E-state index in [1.54, 1.807) is 13.0 Å². The summed E-state index contributed by atoms with van der Waals surface area (Å²) in [5.74, 6) is 1.36. The lowest BCUT2D eigenvalue weighted by Gasteiger charge is -2.00. The molecule has 3 rings (SSSR count). The van der Waals surface area contributed by atoms with E-state index in [4.69, 9.17) is 18.8 Å². The zero-order valence-electron chi connectivity index (χ0n) is 10.1. The van der Waals surface area contributed by atoms with Crippen LogP contribution in [0.1, 0.15) is 17.5 Å². The van der Waals surface area contributed by atoms with Crippen LogP contribution in [-0.4, -0.2) is 10.2 Å². The maximum Gasteiger partial charge on any atom is 0.253 e. The Balaban J connectivity index is 1.93. The molecule has 0 fully saturated rings. The summed E-state index contributed by atoms with van der Waals surface area (Å²) < 4.78 is 16.2. The molecule has 0 unspecified atom stereocenters. The number of rotatable bonds is 3. The predicted molar refractivity (Wildman–Crippen MR) is 64.3 cm³/mol. The first-order valence-electron chi connectivity index (χ1n) is 5.61. The summed E-state index contributed by atoms with van der Waals surface area (Å²) in [4.78, 5) is 0. The van der Waals surface area contributed by atoms with Crippen LogP contribution >= 0.6 is 0 Å². The van der Waals surface area contributed by atoms with E-state index in [0.717, 1.165) is 5.39 Å². The number of nitriles is 1. The quantitative estimate of drug-likeness (QED) is 0.715. The summed E-state index contributed by atoms with van der Waals surface area (Å²) in [6.07, 6.45) is 0. The van der Waals surface area contributed by atoms with Crippen LogP contribution < -0.4 is 4.74 Å². The summed E-state index contributed by atoms with van der Waals surface area (Å²) in [7, 11) is 0. The molecule has 0 amide bonds. The van der Waals surface area contributed by atoms with Crippen molar-refractivity contribution in [2.75, 3.05) is 0 Å². The maximum atomic E-state index is 9.05. The van der Waals surface area contributed by atoms with Gasteiger partial charge in [0.1, 0.15) is 11.7 Å². The Morgan fingerprint density at radius 2 is 2.11 bits per heavy atom. The number of aromatic nitrogens is 2. The largest absolute Gasteiger partial charge is 0.478 e. The molecule has 19 heavy (non-hydrogen) atoms. The van der Waals surface area contributed by atoms with Crippen LogP contribution in [0.25, 0.3) is 11.0 Å². The summed E-state index contributed by atoms with van der Waals surface area (Å²) >= 11 is 0. The summed E-state index contributed by atoms with van der Waals surface area (Å²) in [6.45, 7) is 1.80. The third-order valence-electron chi connectivity index (χ3n) is 2.56. The first-order valence-corrected chi connectivity index (χ1v) is 5.61. The molecule has 0 N–H and O–H groups in total. The second-order valence-electron chi connectivity index (χ2n) is 3.87. The number of furan rings is 1. The average molecular weight is 255 g/mol. The van der Waals surface area contributed by atoms with Crippen molar-refractivity contribution in [2.24, 2.45) is 0 Å². The molecule has 0 atom stereocenters. The minimum absolute atomic E-state index is 0.0963. The van der Waals surface area contributed by atoms with Crippen molar-refractivity contribution in [1.82, 2.24) is 10.2 Å². The van der Waals surface area contributed by atoms with Crippen molar-refractivity contribution in [1.29, 1.82) is 5.26 Å². The zero-order valence-corrected chi connectivity index (χ0v) is 10.1. The highest BCUT2D eigenvalue weighted by atomic mass is 16.5. The van der Waals surface area contributed by atoms with Gasteiger partial charge in [-0.15, -0.1) is 10.2 Å². The van der Waals surface area contributed by atoms with E-state index in [-0.39, 0.29) is 12.4 Å². The summed E-state index contributed by atoms with van der Waals surface area (Å²) in [6, 6.07) is 9.25. The lowest BCUT2D eigenvalue weighted by molar-refractivity contribution is 0.259. The van der Waals surface area contributed by atoms with E-state index in [1.165, 1.54) is 0 Å². The molecule has 0 aliphatic rings. The van der Waals surface area contributed by atoms with Gasteiger partial charge >= 0.3 is 0 Å². The number of hydrogen-bond acceptors (Lipinski definition) is 6. The highest BCUT2D eigenvalue weighted by Crippen LogP contribution is 2.32. The smallest absolute Gasteiger partial charge is 0.253 e. The van der Waals surface area contributed by atoms with Crippen LogP contribution in [0.5, 0.6) is 5.75 Å². The molecule has 0 spiro atoms. The number of benzene rings is 1. The Labute approximate surface area is 108 Å². The number of fused-ring (bicyclic) bond motifs is 1. The zero-order chi connectivity index (χ0) is 13.2. The van der Waals surface area contributed by atoms with Gasteiger partial charge in [0, 0.05) is 6.92 Å². The standard InChI is InChI=1S/C13H9N3O3/c1-8-15-16-12(18-8)7-17-13-9-4-2-3-5-10(9)19-11(13)6-14/h2-5H,7H2,1H3. The van der Waals surface area contributed by atoms with Crippen LogP contribution in [0.15, 0.2) is 33.1 Å². The second kappa shape index (κ2) is 4.46. The number of para-hydroxylation sites is 1. The average Bonchev–Trinajstić information content (AvgIpc) is 2.99. The Bertz CT molecular complexity index is 767. The topological polar surface area (TPSA) is 85.1 Å². The lowest BCUT2D eigenvalue weighted by atomic mass is 10.2. The maximum absolute atomic E-state index is 9.05. The SMILES string of the molecule is Cc1nnc(COc2c(C#N)oc3ccccc23)o1. The van der Waals surface area contributed by atoms with Gasteiger partial charge in [-0.25, -0.2) is 0 Å². The van der Waals surface area contributed by atoms with Gasteiger partial charge in [-0.3, -0.25) is 0 Å². The molecule has 0 saturated heterocycles. The number of nitrogens with zero attached hydrogens (tertiary/aromatic N) is 3. The Morgan fingerprint density at radius 1 is 1.26 bits per heavy atom. The predicted octanol–water partition coefficient (Wildman–Crippen LogP) is 2.57. The summed E-state index contributed by atoms with van der Waals surface area (Å²) in [5.41, 5.74) is 0.607. The molecule has 6 nitrogen and oxygen atoms in total. The normalized spacial score (nSPS) is 10.5. The van der Waals surface area contributed by atoms with Crippen LogP contribution in [0.3, 0.4) is 0 Å². The van der Waals surface area contributed by atoms with Crippen molar-refractivity contribution in [3.63, 3.8) is 0 Å². The molecule has 1 aromatic carbocycles. The number of aryl methyl sites for hydroxylation is 1. The van der Waals surface area contributed by atoms with E-state index in [1.807, 2.05) is 24.3 Å². The third kappa shape index (κ3) is 2.02. The van der Waals surface area contributed by atoms with Crippen molar-refractivity contribution in [3.8, 4) is 11.8 Å². The van der Waals surface area contributed by atoms with Gasteiger partial charge in [0.05, 0.1) is 5.39 Å². The molecule has 2 aromatic heterocycles. The highest BCUT2D eigenvalue weighted by Gasteiger charge is 2.16. The summed E-state index contributed by atoms with van der Waals surface area (Å²) in [5, 5.41) is 17.3. The van der Waals surface area contributed by atoms with Gasteiger partial charge < -0.3 is 13.6 Å². The van der Waals surface area contributed by atoms with Gasteiger partial charge in [0.15, 0.2) is 12.4 Å². The minimum Gasteiger partial charge on any atom is -0.478 e. The van der Waals surface area contributed by atoms with Crippen LogP contribution in [0.2, 0.25) is 0 Å². The number of hydrogen-bond donors (Lipinski definition) is 0. The van der Waals surface area contributed by atoms with Gasteiger partial charge in [0.25, 0.3) is 5.89 Å². The minimum atomic E-state index is 0.0963. The van der Waals surface area contributed by atoms with Gasteiger partial charge in [-0.05, 0) is 12.1 Å². The van der Waals surface area contributed by atoms with Gasteiger partial charge in [0.2, 0.25) is 11.7 Å². The van der Waals surface area contributed by atoms with Crippen LogP contribution in [0.4, 0.5) is 0 Å². The van der Waals surface area contributed by atoms with E-state index < -0.39 is 0 Å². The monoisotopic (exact) mass is 255 g/mol. The fourth-order valence-corrected chi connectivity index (χ4v) is 1.77. The molecular formula is C13H9N3O3. The fraction of sp³-hybridized carbons (Fsp3) is 0.154. The second-order valence-corrected chi connectivity index (χ2v) is 3.87. The Kier molecular flexibility index (Phi) is 2.65. The van der Waals surface area contributed by atoms with Crippen molar-refractivity contribution < 1.29 is 13.6 Å². The molecule has 3 aromatic rings. The Hall–Kier alpha value is -2.81. The van der Waals surface area contributed by atoms with Crippen molar-refractivity contribution >= 4 is 11.0 Å². The molecule has 6 heteroatoms. The van der Waals surface area contributed by atoms with Gasteiger partial charge in [-0.1, -0.05) is 12.1 Å². The molecule has 0 saturated carbocycles. The molecule has 94 valence electrons. The molecule has 0 aliphatic heterocycles. The van der Waals surface area contributed by atoms with E-state index in [2.05, 4.69) is 10.2 Å². The van der Waals surface area contributed by atoms with Crippen molar-refractivity contribution in [2.45, 2.75) is 13.5 Å². The first kappa shape index (κ1) is 11.3. The number of ether oxygens (including phenoxy) is 1. The molecule has 0 radical (unpaired) electrons. The van der Waals surface area contributed by atoms with Crippen LogP contribution in [0, 0.1) is 18.3 Å². The fourth-order valence-electron chi connectivity index (χ4n) is 1.77. The van der Waals surface area contributed by atoms with Crippen LogP contribution in [-0.2, 0) is 6.61 Å². The molecule has 0 bridgehead atoms. The first-order chi connectivity index (χ1) is 9.28. The Morgan fingerprint density at radius 3 is 2.84 bits per heavy atom. The highest BCUT2D eigenvalue weighted by molar-refractivity contribution is 5.86. The lowest BCUT2D eigenvalue weighted by Crippen LogP contribution is -1.96. The van der Waals surface area contributed by atoms with E-state index >= 15 is 0 Å². The molecule has 0 aliphatic carbocycles. The van der Waals surface area contributed by atoms with E-state index in [9.17, 15) is 0 Å². The third-order valence-corrected chi connectivity index (χ3v) is 2.56.